The first-order chi connectivity index (χ1) is 9.10. The SMILES string of the molecule is CCCn1cccc1C(=O)NC(CCOC)C(=O)O. The maximum absolute atomic E-state index is 12.0. The van der Waals surface area contributed by atoms with Gasteiger partial charge in [-0.15, -0.1) is 0 Å². The first-order valence-electron chi connectivity index (χ1n) is 6.27. The number of nitrogens with zero attached hydrogens (tertiary/aromatic N) is 1. The fourth-order valence-corrected chi connectivity index (χ4v) is 1.78. The van der Waals surface area contributed by atoms with E-state index in [1.54, 1.807) is 12.1 Å². The van der Waals surface area contributed by atoms with Crippen molar-refractivity contribution in [1.82, 2.24) is 9.88 Å². The zero-order valence-corrected chi connectivity index (χ0v) is 11.3. The van der Waals surface area contributed by atoms with Crippen molar-refractivity contribution in [2.45, 2.75) is 32.4 Å². The van der Waals surface area contributed by atoms with E-state index in [0.717, 1.165) is 13.0 Å². The summed E-state index contributed by atoms with van der Waals surface area (Å²) >= 11 is 0. The molecule has 0 aliphatic carbocycles. The molecule has 0 aromatic carbocycles. The van der Waals surface area contributed by atoms with Gasteiger partial charge in [-0.1, -0.05) is 6.92 Å². The molecule has 0 fully saturated rings. The normalized spacial score (nSPS) is 12.1. The van der Waals surface area contributed by atoms with Crippen molar-refractivity contribution in [3.8, 4) is 0 Å². The van der Waals surface area contributed by atoms with E-state index in [2.05, 4.69) is 5.32 Å². The van der Waals surface area contributed by atoms with Crippen LogP contribution in [0.1, 0.15) is 30.3 Å². The van der Waals surface area contributed by atoms with E-state index in [0.29, 0.717) is 5.69 Å². The number of carbonyl (C=O) groups excluding carboxylic acids is 1. The molecule has 1 aromatic rings. The van der Waals surface area contributed by atoms with E-state index in [-0.39, 0.29) is 18.9 Å². The Morgan fingerprint density at radius 3 is 2.84 bits per heavy atom. The molecule has 1 unspecified atom stereocenters. The van der Waals surface area contributed by atoms with Crippen LogP contribution in [0, 0.1) is 0 Å². The first-order valence-corrected chi connectivity index (χ1v) is 6.27. The van der Waals surface area contributed by atoms with Crippen molar-refractivity contribution in [2.75, 3.05) is 13.7 Å². The number of hydrogen-bond donors (Lipinski definition) is 2. The van der Waals surface area contributed by atoms with Gasteiger partial charge in [0.15, 0.2) is 0 Å². The molecule has 1 heterocycles. The van der Waals surface area contributed by atoms with Crippen molar-refractivity contribution >= 4 is 11.9 Å². The number of hydrogen-bond acceptors (Lipinski definition) is 3. The fourth-order valence-electron chi connectivity index (χ4n) is 1.78. The number of aromatic nitrogens is 1. The van der Waals surface area contributed by atoms with Crippen LogP contribution in [0.2, 0.25) is 0 Å². The predicted octanol–water partition coefficient (Wildman–Crippen LogP) is 1.12. The number of carbonyl (C=O) groups is 2. The molecule has 106 valence electrons. The Kier molecular flexibility index (Phi) is 6.08. The van der Waals surface area contributed by atoms with Crippen LogP contribution in [0.3, 0.4) is 0 Å². The van der Waals surface area contributed by atoms with Crippen molar-refractivity contribution in [3.63, 3.8) is 0 Å². The topological polar surface area (TPSA) is 80.6 Å². The molecule has 1 aromatic heterocycles. The maximum atomic E-state index is 12.0. The molecule has 0 radical (unpaired) electrons. The number of amides is 1. The predicted molar refractivity (Wildman–Crippen MR) is 70.1 cm³/mol. The smallest absolute Gasteiger partial charge is 0.326 e. The van der Waals surface area contributed by atoms with Crippen LogP contribution in [0.4, 0.5) is 0 Å². The summed E-state index contributed by atoms with van der Waals surface area (Å²) in [5.41, 5.74) is 0.477. The van der Waals surface area contributed by atoms with Crippen molar-refractivity contribution < 1.29 is 19.4 Å². The minimum absolute atomic E-state index is 0.242. The molecule has 1 atom stereocenters. The lowest BCUT2D eigenvalue weighted by molar-refractivity contribution is -0.139. The number of carboxylic acid groups (broad SMARTS) is 1. The first kappa shape index (κ1) is 15.2. The van der Waals surface area contributed by atoms with Gasteiger partial charge in [-0.3, -0.25) is 4.79 Å². The molecule has 0 aliphatic rings. The number of aliphatic carboxylic acids is 1. The number of ether oxygens (including phenoxy) is 1. The van der Waals surface area contributed by atoms with Gasteiger partial charge in [0, 0.05) is 32.9 Å². The Balaban J connectivity index is 2.70. The Bertz CT molecular complexity index is 428. The summed E-state index contributed by atoms with van der Waals surface area (Å²) in [4.78, 5) is 23.1. The summed E-state index contributed by atoms with van der Waals surface area (Å²) in [6.45, 7) is 3.03. The van der Waals surface area contributed by atoms with Crippen LogP contribution in [-0.2, 0) is 16.1 Å². The highest BCUT2D eigenvalue weighted by molar-refractivity contribution is 5.95. The van der Waals surface area contributed by atoms with Crippen molar-refractivity contribution in [1.29, 1.82) is 0 Å². The largest absolute Gasteiger partial charge is 0.480 e. The molecule has 2 N–H and O–H groups in total. The van der Waals surface area contributed by atoms with Crippen molar-refractivity contribution in [3.05, 3.63) is 24.0 Å². The van der Waals surface area contributed by atoms with E-state index < -0.39 is 12.0 Å². The molecule has 6 heteroatoms. The summed E-state index contributed by atoms with van der Waals surface area (Å²) in [5, 5.41) is 11.6. The van der Waals surface area contributed by atoms with E-state index in [1.807, 2.05) is 17.7 Å². The van der Waals surface area contributed by atoms with Gasteiger partial charge in [-0.05, 0) is 18.6 Å². The summed E-state index contributed by atoms with van der Waals surface area (Å²) in [6.07, 6.45) is 2.95. The van der Waals surface area contributed by atoms with Gasteiger partial charge in [0.25, 0.3) is 5.91 Å². The fraction of sp³-hybridized carbons (Fsp3) is 0.538. The monoisotopic (exact) mass is 268 g/mol. The molecule has 1 rings (SSSR count). The lowest BCUT2D eigenvalue weighted by Crippen LogP contribution is -2.42. The average molecular weight is 268 g/mol. The molecule has 19 heavy (non-hydrogen) atoms. The summed E-state index contributed by atoms with van der Waals surface area (Å²) in [5.74, 6) is -1.43. The van der Waals surface area contributed by atoms with Crippen LogP contribution < -0.4 is 5.32 Å². The van der Waals surface area contributed by atoms with E-state index in [9.17, 15) is 9.59 Å². The molecular formula is C13H20N2O4. The third kappa shape index (κ3) is 4.40. The third-order valence-electron chi connectivity index (χ3n) is 2.74. The van der Waals surface area contributed by atoms with Crippen LogP contribution >= 0.6 is 0 Å². The van der Waals surface area contributed by atoms with Gasteiger partial charge in [0.1, 0.15) is 11.7 Å². The second kappa shape index (κ2) is 7.58. The Hall–Kier alpha value is -1.82. The standard InChI is InChI=1S/C13H20N2O4/c1-3-7-15-8-4-5-11(15)12(16)14-10(13(17)18)6-9-19-2/h4-5,8,10H,3,6-7,9H2,1-2H3,(H,14,16)(H,17,18). The van der Waals surface area contributed by atoms with Gasteiger partial charge in [-0.25, -0.2) is 4.79 Å². The highest BCUT2D eigenvalue weighted by atomic mass is 16.5. The lowest BCUT2D eigenvalue weighted by Gasteiger charge is -2.15. The molecular weight excluding hydrogens is 248 g/mol. The quantitative estimate of drug-likeness (QED) is 0.740. The zero-order chi connectivity index (χ0) is 14.3. The molecule has 0 saturated heterocycles. The molecule has 1 amide bonds. The molecule has 0 saturated carbocycles. The van der Waals surface area contributed by atoms with Gasteiger partial charge < -0.3 is 19.7 Å². The van der Waals surface area contributed by atoms with Crippen LogP contribution in [0.25, 0.3) is 0 Å². The number of nitrogens with one attached hydrogen (secondary N) is 1. The van der Waals surface area contributed by atoms with Gasteiger partial charge in [0.2, 0.25) is 0 Å². The minimum atomic E-state index is -1.06. The number of carboxylic acids is 1. The van der Waals surface area contributed by atoms with Crippen molar-refractivity contribution in [2.24, 2.45) is 0 Å². The van der Waals surface area contributed by atoms with Gasteiger partial charge in [-0.2, -0.15) is 0 Å². The Labute approximate surface area is 112 Å². The van der Waals surface area contributed by atoms with Gasteiger partial charge >= 0.3 is 5.97 Å². The van der Waals surface area contributed by atoms with E-state index >= 15 is 0 Å². The van der Waals surface area contributed by atoms with E-state index in [4.69, 9.17) is 9.84 Å². The Morgan fingerprint density at radius 2 is 2.26 bits per heavy atom. The molecule has 0 spiro atoms. The Morgan fingerprint density at radius 1 is 1.53 bits per heavy atom. The lowest BCUT2D eigenvalue weighted by atomic mass is 10.2. The maximum Gasteiger partial charge on any atom is 0.326 e. The zero-order valence-electron chi connectivity index (χ0n) is 11.3. The third-order valence-corrected chi connectivity index (χ3v) is 2.74. The summed E-state index contributed by atoms with van der Waals surface area (Å²) in [6, 6.07) is 2.52. The number of rotatable bonds is 8. The second-order valence-electron chi connectivity index (χ2n) is 4.23. The summed E-state index contributed by atoms with van der Waals surface area (Å²) < 4.78 is 6.65. The highest BCUT2D eigenvalue weighted by Gasteiger charge is 2.21. The number of aryl methyl sites for hydroxylation is 1. The highest BCUT2D eigenvalue weighted by Crippen LogP contribution is 2.05. The van der Waals surface area contributed by atoms with Gasteiger partial charge in [0.05, 0.1) is 0 Å². The minimum Gasteiger partial charge on any atom is -0.480 e. The second-order valence-corrected chi connectivity index (χ2v) is 4.23. The summed E-state index contributed by atoms with van der Waals surface area (Å²) in [7, 11) is 1.49. The molecule has 6 nitrogen and oxygen atoms in total. The molecule has 0 bridgehead atoms. The average Bonchev–Trinajstić information content (AvgIpc) is 2.82. The number of methoxy groups -OCH3 is 1. The molecule has 0 aliphatic heterocycles. The van der Waals surface area contributed by atoms with Crippen LogP contribution in [0.5, 0.6) is 0 Å². The van der Waals surface area contributed by atoms with E-state index in [1.165, 1.54) is 7.11 Å². The van der Waals surface area contributed by atoms with Crippen LogP contribution in [-0.4, -0.2) is 41.3 Å². The van der Waals surface area contributed by atoms with Crippen LogP contribution in [0.15, 0.2) is 18.3 Å².